The summed E-state index contributed by atoms with van der Waals surface area (Å²) in [5.74, 6) is -0.496. The fourth-order valence-corrected chi connectivity index (χ4v) is 5.30. The summed E-state index contributed by atoms with van der Waals surface area (Å²) in [6, 6.07) is 15.1. The molecule has 8 nitrogen and oxygen atoms in total. The number of likely N-dealkylation sites (N-methyl/N-ethyl adjacent to an activating group) is 1. The van der Waals surface area contributed by atoms with E-state index in [1.165, 1.54) is 12.1 Å². The summed E-state index contributed by atoms with van der Waals surface area (Å²) in [7, 11) is 0.0245. The number of nitrogens with zero attached hydrogens (tertiary/aromatic N) is 1. The van der Waals surface area contributed by atoms with Gasteiger partial charge in [0.15, 0.2) is 11.7 Å². The van der Waals surface area contributed by atoms with Crippen LogP contribution in [-0.4, -0.2) is 67.3 Å². The van der Waals surface area contributed by atoms with Gasteiger partial charge in [-0.05, 0) is 37.5 Å². The van der Waals surface area contributed by atoms with E-state index in [1.807, 2.05) is 37.3 Å². The fraction of sp³-hybridized carbons (Fsp3) is 0.500. The zero-order valence-electron chi connectivity index (χ0n) is 20.6. The second-order valence-electron chi connectivity index (χ2n) is 10.0. The number of ether oxygens (including phenoxy) is 1. The van der Waals surface area contributed by atoms with Crippen molar-refractivity contribution in [2.24, 2.45) is 5.92 Å². The molecular formula is C26H37NO7S. The minimum Gasteiger partial charge on any atom is -0.744 e. The lowest BCUT2D eigenvalue weighted by Crippen LogP contribution is -2.46. The summed E-state index contributed by atoms with van der Waals surface area (Å²) >= 11 is 0. The molecule has 0 unspecified atom stereocenters. The zero-order valence-corrected chi connectivity index (χ0v) is 21.5. The van der Waals surface area contributed by atoms with Crippen molar-refractivity contribution in [1.82, 2.24) is 0 Å². The van der Waals surface area contributed by atoms with Crippen molar-refractivity contribution in [2.45, 2.75) is 55.6 Å². The number of aryl methyl sites for hydroxylation is 1. The number of aliphatic hydroxyl groups is 1. The van der Waals surface area contributed by atoms with Crippen LogP contribution in [0.5, 0.6) is 0 Å². The third kappa shape index (κ3) is 7.35. The minimum atomic E-state index is -4.27. The van der Waals surface area contributed by atoms with Gasteiger partial charge >= 0.3 is 5.97 Å². The average Bonchev–Trinajstić information content (AvgIpc) is 3.44. The molecule has 1 aliphatic carbocycles. The number of likely N-dealkylation sites (tertiary alicyclic amines) is 1. The summed E-state index contributed by atoms with van der Waals surface area (Å²) in [6.45, 7) is 3.65. The third-order valence-electron chi connectivity index (χ3n) is 6.81. The Labute approximate surface area is 208 Å². The smallest absolute Gasteiger partial charge is 0.343 e. The predicted octanol–water partition coefficient (Wildman–Crippen LogP) is 2.53. The van der Waals surface area contributed by atoms with Crippen molar-refractivity contribution in [3.63, 3.8) is 0 Å². The highest BCUT2D eigenvalue weighted by Crippen LogP contribution is 2.42. The lowest BCUT2D eigenvalue weighted by molar-refractivity contribution is -0.879. The van der Waals surface area contributed by atoms with Crippen LogP contribution in [0.1, 0.15) is 43.2 Å². The van der Waals surface area contributed by atoms with Gasteiger partial charge in [-0.2, -0.15) is 0 Å². The van der Waals surface area contributed by atoms with Crippen LogP contribution in [0.15, 0.2) is 59.5 Å². The van der Waals surface area contributed by atoms with E-state index >= 15 is 0 Å². The van der Waals surface area contributed by atoms with Crippen LogP contribution in [-0.2, 0) is 25.3 Å². The molecule has 1 saturated carbocycles. The van der Waals surface area contributed by atoms with Gasteiger partial charge in [0.05, 0.1) is 25.5 Å². The molecule has 0 bridgehead atoms. The Morgan fingerprint density at radius 2 is 1.60 bits per heavy atom. The molecule has 4 rings (SSSR count). The zero-order chi connectivity index (χ0) is 25.0. The number of esters is 1. The quantitative estimate of drug-likeness (QED) is 0.375. The Kier molecular flexibility index (Phi) is 9.61. The van der Waals surface area contributed by atoms with Gasteiger partial charge in [-0.1, -0.05) is 60.9 Å². The van der Waals surface area contributed by atoms with Crippen LogP contribution < -0.4 is 0 Å². The average molecular weight is 508 g/mol. The van der Waals surface area contributed by atoms with Crippen LogP contribution in [0.4, 0.5) is 0 Å². The highest BCUT2D eigenvalue weighted by molar-refractivity contribution is 7.85. The molecule has 2 aromatic rings. The van der Waals surface area contributed by atoms with E-state index in [0.717, 1.165) is 55.2 Å². The van der Waals surface area contributed by atoms with Gasteiger partial charge in [-0.3, -0.25) is 0 Å². The van der Waals surface area contributed by atoms with Gasteiger partial charge in [-0.15, -0.1) is 0 Å². The topological polar surface area (TPSA) is 135 Å². The highest BCUT2D eigenvalue weighted by atomic mass is 32.2. The molecule has 0 radical (unpaired) electrons. The van der Waals surface area contributed by atoms with Crippen LogP contribution in [0.25, 0.3) is 0 Å². The van der Waals surface area contributed by atoms with Gasteiger partial charge in [0, 0.05) is 12.3 Å². The maximum atomic E-state index is 12.9. The first-order chi connectivity index (χ1) is 15.9. The van der Waals surface area contributed by atoms with Crippen LogP contribution in [0, 0.1) is 12.8 Å². The van der Waals surface area contributed by atoms with Crippen molar-refractivity contribution in [2.75, 3.05) is 27.2 Å². The van der Waals surface area contributed by atoms with Crippen molar-refractivity contribution >= 4 is 16.1 Å². The number of hydrogen-bond acceptors (Lipinski definition) is 6. The van der Waals surface area contributed by atoms with Gasteiger partial charge in [0.25, 0.3) is 0 Å². The first-order valence-corrected chi connectivity index (χ1v) is 13.2. The standard InChI is InChI=1S/C19H28NO3.C7H8O3S.H2O/c1-20(2)13-12-17(14-20)23-18(21)19(22,16-10-6-7-11-16)15-8-4-3-5-9-15;1-6-2-4-7(5-3-6)11(8,9)10;/h3-5,8-9,16-17,22H,6-7,10-14H2,1-2H3;2-5H,1H3,(H,8,9,10);1H2/q+1;;/p-1/t17-,19-;;/m0../s1. The minimum absolute atomic E-state index is 0. The largest absolute Gasteiger partial charge is 0.744 e. The first-order valence-electron chi connectivity index (χ1n) is 11.8. The second kappa shape index (κ2) is 11.6. The van der Waals surface area contributed by atoms with Crippen molar-refractivity contribution in [3.05, 3.63) is 65.7 Å². The van der Waals surface area contributed by atoms with E-state index in [1.54, 1.807) is 12.1 Å². The van der Waals surface area contributed by atoms with Gasteiger partial charge in [0.2, 0.25) is 0 Å². The maximum absolute atomic E-state index is 12.9. The Morgan fingerprint density at radius 3 is 2.09 bits per heavy atom. The Morgan fingerprint density at radius 1 is 1.03 bits per heavy atom. The van der Waals surface area contributed by atoms with Crippen molar-refractivity contribution < 1.29 is 37.6 Å². The van der Waals surface area contributed by atoms with Crippen LogP contribution in [0.3, 0.4) is 0 Å². The van der Waals surface area contributed by atoms with Gasteiger partial charge in [-0.25, -0.2) is 13.2 Å². The van der Waals surface area contributed by atoms with Crippen molar-refractivity contribution in [1.29, 1.82) is 0 Å². The molecule has 1 aliphatic heterocycles. The monoisotopic (exact) mass is 507 g/mol. The lowest BCUT2D eigenvalue weighted by Gasteiger charge is -2.33. The summed E-state index contributed by atoms with van der Waals surface area (Å²) in [5.41, 5.74) is 0.0957. The highest BCUT2D eigenvalue weighted by Gasteiger charge is 2.49. The first kappa shape index (κ1) is 28.9. The maximum Gasteiger partial charge on any atom is 0.343 e. The van der Waals surface area contributed by atoms with Gasteiger partial charge < -0.3 is 24.4 Å². The molecule has 1 heterocycles. The number of hydrogen-bond donors (Lipinski definition) is 1. The number of benzene rings is 2. The Hall–Kier alpha value is -2.30. The molecule has 1 saturated heterocycles. The molecule has 0 amide bonds. The van der Waals surface area contributed by atoms with E-state index in [9.17, 15) is 22.9 Å². The van der Waals surface area contributed by atoms with E-state index in [4.69, 9.17) is 4.74 Å². The predicted molar refractivity (Wildman–Crippen MR) is 131 cm³/mol. The van der Waals surface area contributed by atoms with E-state index in [2.05, 4.69) is 14.1 Å². The molecule has 2 aromatic carbocycles. The molecule has 2 fully saturated rings. The Bertz CT molecular complexity index is 1060. The van der Waals surface area contributed by atoms with E-state index < -0.39 is 21.7 Å². The fourth-order valence-electron chi connectivity index (χ4n) is 4.83. The van der Waals surface area contributed by atoms with E-state index in [-0.39, 0.29) is 22.4 Å². The molecule has 0 aromatic heterocycles. The van der Waals surface area contributed by atoms with Crippen LogP contribution in [0.2, 0.25) is 0 Å². The molecule has 2 aliphatic rings. The summed E-state index contributed by atoms with van der Waals surface area (Å²) < 4.78 is 37.8. The number of quaternary nitrogens is 1. The normalized spacial score (nSPS) is 21.2. The number of carbonyl (C=O) groups excluding carboxylic acids is 1. The Balaban J connectivity index is 0.000000305. The molecular weight excluding hydrogens is 470 g/mol. The molecule has 194 valence electrons. The number of rotatable bonds is 5. The molecule has 35 heavy (non-hydrogen) atoms. The number of carbonyl (C=O) groups is 1. The summed E-state index contributed by atoms with van der Waals surface area (Å²) in [4.78, 5) is 12.8. The van der Waals surface area contributed by atoms with Gasteiger partial charge in [0.1, 0.15) is 16.7 Å². The van der Waals surface area contributed by atoms with E-state index in [0.29, 0.717) is 5.56 Å². The third-order valence-corrected chi connectivity index (χ3v) is 7.66. The SMILES string of the molecule is C[N+]1(C)CC[C@H](OC(=O)[C@](O)(c2ccccc2)C2CCCC2)C1.Cc1ccc(S(=O)(=O)[O-])cc1.O. The van der Waals surface area contributed by atoms with Crippen molar-refractivity contribution in [3.8, 4) is 0 Å². The molecule has 0 spiro atoms. The second-order valence-corrected chi connectivity index (χ2v) is 11.4. The summed E-state index contributed by atoms with van der Waals surface area (Å²) in [6.07, 6.45) is 4.68. The molecule has 3 N–H and O–H groups in total. The van der Waals surface area contributed by atoms with Crippen LogP contribution >= 0.6 is 0 Å². The molecule has 9 heteroatoms. The lowest BCUT2D eigenvalue weighted by atomic mass is 9.80. The summed E-state index contributed by atoms with van der Waals surface area (Å²) in [5, 5.41) is 11.4. The molecule has 2 atom stereocenters.